The number of hydrogen-bond donors (Lipinski definition) is 1. The number of halogens is 1. The van der Waals surface area contributed by atoms with E-state index in [9.17, 15) is 14.9 Å². The Balaban J connectivity index is 1.39. The van der Waals surface area contributed by atoms with E-state index in [1.807, 2.05) is 24.3 Å². The van der Waals surface area contributed by atoms with Gasteiger partial charge in [-0.05, 0) is 29.3 Å². The van der Waals surface area contributed by atoms with Gasteiger partial charge in [-0.15, -0.1) is 0 Å². The van der Waals surface area contributed by atoms with E-state index in [1.165, 1.54) is 18.3 Å². The zero-order chi connectivity index (χ0) is 20.6. The minimum atomic E-state index is -0.461. The average Bonchev–Trinajstić information content (AvgIpc) is 2.71. The molecule has 1 aliphatic rings. The fourth-order valence-electron chi connectivity index (χ4n) is 3.07. The van der Waals surface area contributed by atoms with Crippen LogP contribution in [0.15, 0.2) is 53.6 Å². The average molecular weight is 416 g/mol. The topological polar surface area (TPSA) is 91.1 Å². The molecule has 0 spiro atoms. The number of nitro benzene ring substituents is 1. The molecular formula is C20H22ClN5O3. The van der Waals surface area contributed by atoms with Gasteiger partial charge in [0.15, 0.2) is 0 Å². The van der Waals surface area contributed by atoms with Crippen LogP contribution in [0.5, 0.6) is 0 Å². The van der Waals surface area contributed by atoms with Crippen LogP contribution in [0.3, 0.4) is 0 Å². The summed E-state index contributed by atoms with van der Waals surface area (Å²) < 4.78 is 0. The van der Waals surface area contributed by atoms with E-state index >= 15 is 0 Å². The van der Waals surface area contributed by atoms with Crippen LogP contribution in [0.25, 0.3) is 0 Å². The highest BCUT2D eigenvalue weighted by molar-refractivity contribution is 6.31. The standard InChI is InChI=1S/C20H22ClN5O3/c21-19-4-2-1-3-17(19)14-24-9-11-25(12-10-24)15-20(27)23-22-13-16-5-7-18(8-6-16)26(28)29/h1-8,13H,9-12,14-15H2,(H,23,27)/b22-13-. The number of nitrogens with zero attached hydrogens (tertiary/aromatic N) is 4. The molecule has 2 aromatic carbocycles. The second kappa shape index (κ2) is 10.1. The number of nitrogens with one attached hydrogen (secondary N) is 1. The van der Waals surface area contributed by atoms with Gasteiger partial charge in [0.25, 0.3) is 11.6 Å². The molecule has 29 heavy (non-hydrogen) atoms. The van der Waals surface area contributed by atoms with Crippen LogP contribution in [-0.2, 0) is 11.3 Å². The van der Waals surface area contributed by atoms with Crippen LogP contribution in [0.4, 0.5) is 5.69 Å². The summed E-state index contributed by atoms with van der Waals surface area (Å²) in [7, 11) is 0. The molecule has 2 aromatic rings. The molecule has 1 saturated heterocycles. The largest absolute Gasteiger partial charge is 0.296 e. The Morgan fingerprint density at radius 1 is 1.10 bits per heavy atom. The van der Waals surface area contributed by atoms with Gasteiger partial charge in [-0.2, -0.15) is 5.10 Å². The Labute approximate surface area is 173 Å². The summed E-state index contributed by atoms with van der Waals surface area (Å²) in [6, 6.07) is 13.8. The number of amides is 1. The third-order valence-electron chi connectivity index (χ3n) is 4.69. The molecule has 0 aliphatic carbocycles. The normalized spacial score (nSPS) is 15.5. The number of rotatable bonds is 7. The van der Waals surface area contributed by atoms with Gasteiger partial charge >= 0.3 is 0 Å². The molecule has 0 saturated carbocycles. The molecule has 152 valence electrons. The van der Waals surface area contributed by atoms with Gasteiger partial charge in [0, 0.05) is 49.9 Å². The number of non-ortho nitro benzene ring substituents is 1. The van der Waals surface area contributed by atoms with Crippen molar-refractivity contribution in [3.63, 3.8) is 0 Å². The maximum absolute atomic E-state index is 12.1. The molecule has 0 radical (unpaired) electrons. The van der Waals surface area contributed by atoms with Gasteiger partial charge in [-0.25, -0.2) is 5.43 Å². The Morgan fingerprint density at radius 2 is 1.76 bits per heavy atom. The molecule has 0 atom stereocenters. The fourth-order valence-corrected chi connectivity index (χ4v) is 3.27. The zero-order valence-corrected chi connectivity index (χ0v) is 16.6. The maximum Gasteiger partial charge on any atom is 0.269 e. The molecule has 0 aromatic heterocycles. The summed E-state index contributed by atoms with van der Waals surface area (Å²) in [6.07, 6.45) is 1.46. The van der Waals surface area contributed by atoms with Crippen LogP contribution in [0.2, 0.25) is 5.02 Å². The molecule has 9 heteroatoms. The van der Waals surface area contributed by atoms with Gasteiger partial charge in [-0.1, -0.05) is 29.8 Å². The number of hydrazone groups is 1. The minimum absolute atomic E-state index is 0.0138. The number of benzene rings is 2. The Hall–Kier alpha value is -2.81. The highest BCUT2D eigenvalue weighted by Crippen LogP contribution is 2.17. The predicted molar refractivity (Wildman–Crippen MR) is 112 cm³/mol. The maximum atomic E-state index is 12.1. The molecule has 1 N–H and O–H groups in total. The van der Waals surface area contributed by atoms with Crippen molar-refractivity contribution < 1.29 is 9.72 Å². The fraction of sp³-hybridized carbons (Fsp3) is 0.300. The second-order valence-electron chi connectivity index (χ2n) is 6.79. The van der Waals surface area contributed by atoms with Crippen molar-refractivity contribution >= 4 is 29.4 Å². The highest BCUT2D eigenvalue weighted by atomic mass is 35.5. The summed E-state index contributed by atoms with van der Waals surface area (Å²) in [5.74, 6) is -0.192. The van der Waals surface area contributed by atoms with Gasteiger partial charge in [0.05, 0.1) is 17.7 Å². The summed E-state index contributed by atoms with van der Waals surface area (Å²) in [5.41, 5.74) is 4.29. The van der Waals surface area contributed by atoms with E-state index in [4.69, 9.17) is 11.6 Å². The van der Waals surface area contributed by atoms with Crippen molar-refractivity contribution in [1.29, 1.82) is 0 Å². The van der Waals surface area contributed by atoms with Crippen molar-refractivity contribution in [2.45, 2.75) is 6.54 Å². The van der Waals surface area contributed by atoms with Crippen molar-refractivity contribution in [1.82, 2.24) is 15.2 Å². The number of carbonyl (C=O) groups is 1. The van der Waals surface area contributed by atoms with Gasteiger partial charge < -0.3 is 0 Å². The van der Waals surface area contributed by atoms with E-state index in [-0.39, 0.29) is 18.1 Å². The van der Waals surface area contributed by atoms with Crippen molar-refractivity contribution in [2.24, 2.45) is 5.10 Å². The second-order valence-corrected chi connectivity index (χ2v) is 7.19. The third-order valence-corrected chi connectivity index (χ3v) is 5.06. The summed E-state index contributed by atoms with van der Waals surface area (Å²) >= 11 is 6.22. The molecule has 0 bridgehead atoms. The summed E-state index contributed by atoms with van der Waals surface area (Å²) in [4.78, 5) is 26.7. The van der Waals surface area contributed by atoms with E-state index in [1.54, 1.807) is 12.1 Å². The molecule has 8 nitrogen and oxygen atoms in total. The van der Waals surface area contributed by atoms with Crippen molar-refractivity contribution in [3.8, 4) is 0 Å². The molecule has 1 heterocycles. The summed E-state index contributed by atoms with van der Waals surface area (Å²) in [5, 5.41) is 15.3. The first-order valence-corrected chi connectivity index (χ1v) is 9.63. The van der Waals surface area contributed by atoms with E-state index in [2.05, 4.69) is 20.3 Å². The van der Waals surface area contributed by atoms with Crippen LogP contribution >= 0.6 is 11.6 Å². The van der Waals surface area contributed by atoms with Crippen molar-refractivity contribution in [2.75, 3.05) is 32.7 Å². The molecule has 3 rings (SSSR count). The number of piperazine rings is 1. The zero-order valence-electron chi connectivity index (χ0n) is 15.8. The molecule has 0 unspecified atom stereocenters. The van der Waals surface area contributed by atoms with E-state index in [0.717, 1.165) is 43.3 Å². The lowest BCUT2D eigenvalue weighted by atomic mass is 10.2. The molecular weight excluding hydrogens is 394 g/mol. The van der Waals surface area contributed by atoms with Gasteiger partial charge in [-0.3, -0.25) is 24.7 Å². The third kappa shape index (κ3) is 6.35. The molecule has 1 aliphatic heterocycles. The van der Waals surface area contributed by atoms with Crippen LogP contribution in [-0.4, -0.2) is 59.6 Å². The predicted octanol–water partition coefficient (Wildman–Crippen LogP) is 2.52. The number of hydrogen-bond acceptors (Lipinski definition) is 6. The Kier molecular flexibility index (Phi) is 7.29. The quantitative estimate of drug-likeness (QED) is 0.426. The van der Waals surface area contributed by atoms with Crippen LogP contribution in [0.1, 0.15) is 11.1 Å². The minimum Gasteiger partial charge on any atom is -0.296 e. The van der Waals surface area contributed by atoms with E-state index in [0.29, 0.717) is 5.56 Å². The first-order valence-electron chi connectivity index (χ1n) is 9.26. The van der Waals surface area contributed by atoms with Gasteiger partial charge in [0.1, 0.15) is 0 Å². The lowest BCUT2D eigenvalue weighted by Gasteiger charge is -2.34. The lowest BCUT2D eigenvalue weighted by molar-refractivity contribution is -0.384. The molecule has 1 fully saturated rings. The Morgan fingerprint density at radius 3 is 2.41 bits per heavy atom. The number of carbonyl (C=O) groups excluding carboxylic acids is 1. The van der Waals surface area contributed by atoms with E-state index < -0.39 is 4.92 Å². The molecule has 1 amide bonds. The van der Waals surface area contributed by atoms with Crippen LogP contribution < -0.4 is 5.43 Å². The van der Waals surface area contributed by atoms with Gasteiger partial charge in [0.2, 0.25) is 0 Å². The smallest absolute Gasteiger partial charge is 0.269 e. The summed E-state index contributed by atoms with van der Waals surface area (Å²) in [6.45, 7) is 4.40. The SMILES string of the molecule is O=C(CN1CCN(Cc2ccccc2Cl)CC1)N/N=C\c1ccc([N+](=O)[O-])cc1. The van der Waals surface area contributed by atoms with Crippen LogP contribution in [0, 0.1) is 10.1 Å². The number of nitro groups is 1. The first-order chi connectivity index (χ1) is 14.0. The van der Waals surface area contributed by atoms with Crippen molar-refractivity contribution in [3.05, 3.63) is 74.8 Å². The highest BCUT2D eigenvalue weighted by Gasteiger charge is 2.19. The first kappa shape index (κ1) is 20.9. The monoisotopic (exact) mass is 415 g/mol. The Bertz CT molecular complexity index is 880. The lowest BCUT2D eigenvalue weighted by Crippen LogP contribution is -2.48.